The fourth-order valence-electron chi connectivity index (χ4n) is 1.95. The quantitative estimate of drug-likeness (QED) is 0.759. The van der Waals surface area contributed by atoms with Gasteiger partial charge in [-0.2, -0.15) is 0 Å². The van der Waals surface area contributed by atoms with Crippen LogP contribution in [0.4, 0.5) is 13.2 Å². The SMILES string of the molecule is CCNC(c1cc(F)c(F)c(F)c1)c1cc(Br)c(C)s1. The van der Waals surface area contributed by atoms with E-state index >= 15 is 0 Å². The molecule has 2 rings (SSSR count). The van der Waals surface area contributed by atoms with E-state index in [9.17, 15) is 13.2 Å². The molecule has 0 amide bonds. The van der Waals surface area contributed by atoms with Gasteiger partial charge < -0.3 is 5.32 Å². The van der Waals surface area contributed by atoms with Gasteiger partial charge in [0.15, 0.2) is 17.5 Å². The van der Waals surface area contributed by atoms with Crippen LogP contribution in [0.2, 0.25) is 0 Å². The molecule has 1 N–H and O–H groups in total. The van der Waals surface area contributed by atoms with Gasteiger partial charge in [0, 0.05) is 14.2 Å². The van der Waals surface area contributed by atoms with Gasteiger partial charge in [-0.1, -0.05) is 6.92 Å². The standard InChI is InChI=1S/C14H13BrF3NS/c1-3-19-14(12-6-9(15)7(2)20-12)8-4-10(16)13(18)11(17)5-8/h4-6,14,19H,3H2,1-2H3. The van der Waals surface area contributed by atoms with Gasteiger partial charge in [0.1, 0.15) is 0 Å². The molecule has 1 aromatic carbocycles. The second-order valence-corrected chi connectivity index (χ2v) is 6.48. The fourth-order valence-corrected chi connectivity index (χ4v) is 3.62. The van der Waals surface area contributed by atoms with E-state index in [0.29, 0.717) is 12.1 Å². The van der Waals surface area contributed by atoms with Crippen molar-refractivity contribution in [3.63, 3.8) is 0 Å². The van der Waals surface area contributed by atoms with Crippen LogP contribution in [0.5, 0.6) is 0 Å². The van der Waals surface area contributed by atoms with Crippen molar-refractivity contribution < 1.29 is 13.2 Å². The van der Waals surface area contributed by atoms with Crippen LogP contribution in [0.1, 0.15) is 28.3 Å². The van der Waals surface area contributed by atoms with Gasteiger partial charge in [0.2, 0.25) is 0 Å². The molecule has 2 aromatic rings. The second kappa shape index (κ2) is 6.28. The molecule has 0 saturated carbocycles. The Balaban J connectivity index is 2.48. The third kappa shape index (κ3) is 3.07. The van der Waals surface area contributed by atoms with E-state index in [1.165, 1.54) is 11.3 Å². The summed E-state index contributed by atoms with van der Waals surface area (Å²) >= 11 is 4.95. The summed E-state index contributed by atoms with van der Waals surface area (Å²) in [5, 5.41) is 3.16. The Morgan fingerprint density at radius 2 is 1.80 bits per heavy atom. The number of hydrogen-bond donors (Lipinski definition) is 1. The Morgan fingerprint density at radius 3 is 2.25 bits per heavy atom. The Kier molecular flexibility index (Phi) is 4.88. The molecule has 1 nitrogen and oxygen atoms in total. The molecule has 0 bridgehead atoms. The molecule has 0 aliphatic heterocycles. The first kappa shape index (κ1) is 15.5. The Hall–Kier alpha value is -0.850. The number of halogens is 4. The van der Waals surface area contributed by atoms with Crippen molar-refractivity contribution in [3.05, 3.63) is 55.4 Å². The first-order chi connectivity index (χ1) is 9.43. The monoisotopic (exact) mass is 363 g/mol. The van der Waals surface area contributed by atoms with Gasteiger partial charge in [-0.3, -0.25) is 0 Å². The van der Waals surface area contributed by atoms with Crippen LogP contribution in [0.15, 0.2) is 22.7 Å². The molecular formula is C14H13BrF3NS. The van der Waals surface area contributed by atoms with E-state index in [1.54, 1.807) is 0 Å². The Labute approximate surface area is 128 Å². The lowest BCUT2D eigenvalue weighted by Gasteiger charge is -2.17. The lowest BCUT2D eigenvalue weighted by molar-refractivity contribution is 0.443. The topological polar surface area (TPSA) is 12.0 Å². The van der Waals surface area contributed by atoms with Gasteiger partial charge in [-0.05, 0) is 53.2 Å². The third-order valence-electron chi connectivity index (χ3n) is 2.91. The molecule has 108 valence electrons. The summed E-state index contributed by atoms with van der Waals surface area (Å²) in [7, 11) is 0. The average Bonchev–Trinajstić information content (AvgIpc) is 2.72. The van der Waals surface area contributed by atoms with E-state index < -0.39 is 17.5 Å². The van der Waals surface area contributed by atoms with Crippen molar-refractivity contribution in [1.82, 2.24) is 5.32 Å². The lowest BCUT2D eigenvalue weighted by Crippen LogP contribution is -2.21. The predicted molar refractivity (Wildman–Crippen MR) is 78.6 cm³/mol. The first-order valence-corrected chi connectivity index (χ1v) is 7.68. The zero-order valence-corrected chi connectivity index (χ0v) is 13.3. The Bertz CT molecular complexity index is 584. The van der Waals surface area contributed by atoms with Crippen LogP contribution in [0, 0.1) is 24.4 Å². The van der Waals surface area contributed by atoms with Gasteiger partial charge in [0.25, 0.3) is 0 Å². The van der Waals surface area contributed by atoms with Gasteiger partial charge in [-0.25, -0.2) is 13.2 Å². The normalized spacial score (nSPS) is 12.7. The number of hydrogen-bond acceptors (Lipinski definition) is 2. The average molecular weight is 364 g/mol. The zero-order valence-electron chi connectivity index (χ0n) is 10.9. The van der Waals surface area contributed by atoms with E-state index in [0.717, 1.165) is 26.4 Å². The number of thiophene rings is 1. The van der Waals surface area contributed by atoms with Gasteiger partial charge in [0.05, 0.1) is 6.04 Å². The summed E-state index contributed by atoms with van der Waals surface area (Å²) in [6, 6.07) is 3.62. The fraction of sp³-hybridized carbons (Fsp3) is 0.286. The van der Waals surface area contributed by atoms with E-state index in [1.807, 2.05) is 19.9 Å². The summed E-state index contributed by atoms with van der Waals surface area (Å²) in [5.41, 5.74) is 0.372. The number of nitrogens with one attached hydrogen (secondary N) is 1. The van der Waals surface area contributed by atoms with Gasteiger partial charge in [-0.15, -0.1) is 11.3 Å². The molecule has 0 saturated heterocycles. The summed E-state index contributed by atoms with van der Waals surface area (Å²) in [6.45, 7) is 4.48. The van der Waals surface area contributed by atoms with Crippen molar-refractivity contribution in [1.29, 1.82) is 0 Å². The van der Waals surface area contributed by atoms with Crippen molar-refractivity contribution in [3.8, 4) is 0 Å². The van der Waals surface area contributed by atoms with E-state index in [-0.39, 0.29) is 6.04 Å². The van der Waals surface area contributed by atoms with Crippen LogP contribution in [-0.4, -0.2) is 6.54 Å². The van der Waals surface area contributed by atoms with Crippen molar-refractivity contribution in [2.75, 3.05) is 6.54 Å². The van der Waals surface area contributed by atoms with E-state index in [4.69, 9.17) is 0 Å². The zero-order chi connectivity index (χ0) is 14.9. The summed E-state index contributed by atoms with van der Waals surface area (Å²) in [5.74, 6) is -3.78. The molecule has 1 atom stereocenters. The number of benzene rings is 1. The maximum absolute atomic E-state index is 13.4. The molecule has 1 unspecified atom stereocenters. The van der Waals surface area contributed by atoms with Crippen molar-refractivity contribution >= 4 is 27.3 Å². The minimum absolute atomic E-state index is 0.361. The number of rotatable bonds is 4. The highest BCUT2D eigenvalue weighted by Crippen LogP contribution is 2.34. The number of aryl methyl sites for hydroxylation is 1. The maximum Gasteiger partial charge on any atom is 0.194 e. The van der Waals surface area contributed by atoms with E-state index in [2.05, 4.69) is 21.2 Å². The minimum Gasteiger partial charge on any atom is -0.306 e. The molecule has 1 aromatic heterocycles. The van der Waals surface area contributed by atoms with Crippen LogP contribution >= 0.6 is 27.3 Å². The maximum atomic E-state index is 13.4. The molecule has 6 heteroatoms. The minimum atomic E-state index is -1.44. The van der Waals surface area contributed by atoms with Crippen LogP contribution in [-0.2, 0) is 0 Å². The van der Waals surface area contributed by atoms with Crippen LogP contribution < -0.4 is 5.32 Å². The molecular weight excluding hydrogens is 351 g/mol. The van der Waals surface area contributed by atoms with Crippen molar-refractivity contribution in [2.45, 2.75) is 19.9 Å². The van der Waals surface area contributed by atoms with Crippen LogP contribution in [0.3, 0.4) is 0 Å². The molecule has 0 fully saturated rings. The molecule has 0 aliphatic carbocycles. The molecule has 20 heavy (non-hydrogen) atoms. The highest BCUT2D eigenvalue weighted by atomic mass is 79.9. The lowest BCUT2D eigenvalue weighted by atomic mass is 10.0. The van der Waals surface area contributed by atoms with Gasteiger partial charge >= 0.3 is 0 Å². The predicted octanol–water partition coefficient (Wildman–Crippen LogP) is 4.94. The smallest absolute Gasteiger partial charge is 0.194 e. The molecule has 0 radical (unpaired) electrons. The summed E-state index contributed by atoms with van der Waals surface area (Å²) in [6.07, 6.45) is 0. The molecule has 1 heterocycles. The second-order valence-electron chi connectivity index (χ2n) is 4.34. The molecule has 0 spiro atoms. The first-order valence-electron chi connectivity index (χ1n) is 6.07. The largest absolute Gasteiger partial charge is 0.306 e. The highest BCUT2D eigenvalue weighted by molar-refractivity contribution is 9.10. The highest BCUT2D eigenvalue weighted by Gasteiger charge is 2.20. The summed E-state index contributed by atoms with van der Waals surface area (Å²) in [4.78, 5) is 1.99. The van der Waals surface area contributed by atoms with Crippen LogP contribution in [0.25, 0.3) is 0 Å². The third-order valence-corrected chi connectivity index (χ3v) is 5.11. The Morgan fingerprint density at radius 1 is 1.20 bits per heavy atom. The van der Waals surface area contributed by atoms with Crippen molar-refractivity contribution in [2.24, 2.45) is 0 Å². The molecule has 0 aliphatic rings. The summed E-state index contributed by atoms with van der Waals surface area (Å²) < 4.78 is 40.8.